The van der Waals surface area contributed by atoms with Gasteiger partial charge in [0.05, 0.1) is 6.20 Å². The Hall–Kier alpha value is -2.50. The largest absolute Gasteiger partial charge is 0.322 e. The number of hydrogen-bond acceptors (Lipinski definition) is 2. The van der Waals surface area contributed by atoms with Gasteiger partial charge < -0.3 is 10.2 Å². The molecule has 1 aromatic carbocycles. The number of carbonyl (C=O) groups excluding carboxylic acids is 1. The predicted octanol–water partition coefficient (Wildman–Crippen LogP) is 4.19. The molecule has 4 nitrogen and oxygen atoms in total. The van der Waals surface area contributed by atoms with Gasteiger partial charge in [-0.3, -0.25) is 4.98 Å². The van der Waals surface area contributed by atoms with Crippen LogP contribution in [0.5, 0.6) is 0 Å². The van der Waals surface area contributed by atoms with Gasteiger partial charge in [0.15, 0.2) is 0 Å². The predicted molar refractivity (Wildman–Crippen MR) is 86.5 cm³/mol. The summed E-state index contributed by atoms with van der Waals surface area (Å²) in [6, 6.07) is 6.03. The van der Waals surface area contributed by atoms with Gasteiger partial charge in [0, 0.05) is 35.1 Å². The normalized spacial score (nSPS) is 22.0. The van der Waals surface area contributed by atoms with Crippen LogP contribution in [-0.2, 0) is 0 Å². The number of halogens is 2. The number of fused-ring (bicyclic) bond motifs is 2. The van der Waals surface area contributed by atoms with Crippen LogP contribution in [-0.4, -0.2) is 28.0 Å². The fraction of sp³-hybridized carbons (Fsp3) is 0.333. The van der Waals surface area contributed by atoms with Crippen LogP contribution in [0.25, 0.3) is 11.1 Å². The Bertz CT molecular complexity index is 782. The summed E-state index contributed by atoms with van der Waals surface area (Å²) in [4.78, 5) is 18.1. The van der Waals surface area contributed by atoms with E-state index in [1.807, 2.05) is 4.90 Å². The molecule has 1 N–H and O–H groups in total. The van der Waals surface area contributed by atoms with Crippen molar-refractivity contribution in [2.24, 2.45) is 0 Å². The number of piperidine rings is 1. The second-order valence-corrected chi connectivity index (χ2v) is 6.40. The Kier molecular flexibility index (Phi) is 3.67. The maximum absolute atomic E-state index is 14.1. The molecular weight excluding hydrogens is 312 g/mol. The maximum Gasteiger partial charge on any atom is 0.322 e. The number of aromatic nitrogens is 1. The molecule has 2 unspecified atom stereocenters. The molecule has 2 atom stereocenters. The first-order chi connectivity index (χ1) is 11.6. The van der Waals surface area contributed by atoms with Gasteiger partial charge in [-0.25, -0.2) is 13.6 Å². The zero-order valence-corrected chi connectivity index (χ0v) is 13.0. The molecule has 4 rings (SSSR count). The van der Waals surface area contributed by atoms with Crippen LogP contribution < -0.4 is 5.32 Å². The van der Waals surface area contributed by atoms with Crippen LogP contribution >= 0.6 is 0 Å². The number of nitrogens with one attached hydrogen (secondary N) is 1. The van der Waals surface area contributed by atoms with Crippen molar-refractivity contribution in [1.29, 1.82) is 0 Å². The van der Waals surface area contributed by atoms with Gasteiger partial charge in [-0.15, -0.1) is 0 Å². The van der Waals surface area contributed by atoms with Gasteiger partial charge in [0.25, 0.3) is 0 Å². The van der Waals surface area contributed by atoms with Crippen LogP contribution in [0.1, 0.15) is 25.7 Å². The van der Waals surface area contributed by atoms with Crippen molar-refractivity contribution < 1.29 is 13.6 Å². The molecular formula is C18H17F2N3O. The summed E-state index contributed by atoms with van der Waals surface area (Å²) >= 11 is 0. The Morgan fingerprint density at radius 3 is 2.67 bits per heavy atom. The lowest BCUT2D eigenvalue weighted by molar-refractivity contribution is 0.0173. The van der Waals surface area contributed by atoms with E-state index in [1.54, 1.807) is 0 Å². The van der Waals surface area contributed by atoms with Gasteiger partial charge in [0.1, 0.15) is 11.6 Å². The molecule has 2 saturated heterocycles. The van der Waals surface area contributed by atoms with Crippen molar-refractivity contribution in [1.82, 2.24) is 9.88 Å². The van der Waals surface area contributed by atoms with Crippen LogP contribution in [0.3, 0.4) is 0 Å². The van der Waals surface area contributed by atoms with E-state index in [0.717, 1.165) is 25.5 Å². The molecule has 0 radical (unpaired) electrons. The molecule has 0 aliphatic carbocycles. The van der Waals surface area contributed by atoms with E-state index in [9.17, 15) is 13.6 Å². The lowest BCUT2D eigenvalue weighted by Crippen LogP contribution is -2.62. The summed E-state index contributed by atoms with van der Waals surface area (Å²) < 4.78 is 27.4. The smallest absolute Gasteiger partial charge is 0.318 e. The van der Waals surface area contributed by atoms with E-state index < -0.39 is 11.6 Å². The molecule has 2 aliphatic rings. The van der Waals surface area contributed by atoms with E-state index in [4.69, 9.17) is 0 Å². The summed E-state index contributed by atoms with van der Waals surface area (Å²) in [5.41, 5.74) is 1.04. The molecule has 1 aromatic heterocycles. The van der Waals surface area contributed by atoms with E-state index in [1.165, 1.54) is 36.9 Å². The lowest BCUT2D eigenvalue weighted by atomic mass is 9.80. The minimum Gasteiger partial charge on any atom is -0.318 e. The SMILES string of the molecule is O=C(Nc1ccc(F)c(-c2cncc(F)c2)c1)N1C2CCCC1C2. The Labute approximate surface area is 138 Å². The van der Waals surface area contributed by atoms with Gasteiger partial charge in [-0.1, -0.05) is 0 Å². The van der Waals surface area contributed by atoms with E-state index in [0.29, 0.717) is 23.3 Å². The topological polar surface area (TPSA) is 45.2 Å². The third kappa shape index (κ3) is 2.62. The molecule has 3 heterocycles. The Balaban J connectivity index is 1.56. The minimum absolute atomic E-state index is 0.147. The third-order valence-corrected chi connectivity index (χ3v) is 4.87. The molecule has 2 fully saturated rings. The Morgan fingerprint density at radius 1 is 1.17 bits per heavy atom. The number of benzene rings is 1. The summed E-state index contributed by atoms with van der Waals surface area (Å²) in [6.45, 7) is 0. The maximum atomic E-state index is 14.1. The average Bonchev–Trinajstić information content (AvgIpc) is 2.57. The van der Waals surface area contributed by atoms with Crippen molar-refractivity contribution in [2.75, 3.05) is 5.32 Å². The molecule has 2 aromatic rings. The van der Waals surface area contributed by atoms with Gasteiger partial charge in [-0.05, 0) is 49.9 Å². The Morgan fingerprint density at radius 2 is 1.96 bits per heavy atom. The molecule has 124 valence electrons. The highest BCUT2D eigenvalue weighted by atomic mass is 19.1. The first-order valence-electron chi connectivity index (χ1n) is 8.11. The number of amides is 2. The van der Waals surface area contributed by atoms with Crippen LogP contribution in [0, 0.1) is 11.6 Å². The summed E-state index contributed by atoms with van der Waals surface area (Å²) in [6.07, 6.45) is 6.81. The van der Waals surface area contributed by atoms with Crippen molar-refractivity contribution in [3.63, 3.8) is 0 Å². The molecule has 6 heteroatoms. The fourth-order valence-electron chi connectivity index (χ4n) is 3.71. The summed E-state index contributed by atoms with van der Waals surface area (Å²) in [5.74, 6) is -1.02. The molecule has 0 spiro atoms. The third-order valence-electron chi connectivity index (χ3n) is 4.87. The minimum atomic E-state index is -0.533. The van der Waals surface area contributed by atoms with E-state index in [-0.39, 0.29) is 11.6 Å². The highest BCUT2D eigenvalue weighted by Crippen LogP contribution is 2.38. The van der Waals surface area contributed by atoms with Crippen LogP contribution in [0.4, 0.5) is 19.3 Å². The standard InChI is InChI=1S/C18H17F2N3O/c19-12-6-11(9-21-10-12)16-7-13(4-5-17(16)20)22-18(24)23-14-2-1-3-15(23)8-14/h4-7,9-10,14-15H,1-3,8H2,(H,22,24). The van der Waals surface area contributed by atoms with E-state index in [2.05, 4.69) is 10.3 Å². The van der Waals surface area contributed by atoms with Gasteiger partial charge >= 0.3 is 6.03 Å². The van der Waals surface area contributed by atoms with Crippen molar-refractivity contribution in [3.8, 4) is 11.1 Å². The number of urea groups is 1. The van der Waals surface area contributed by atoms with Crippen molar-refractivity contribution in [3.05, 3.63) is 48.3 Å². The number of rotatable bonds is 2. The average molecular weight is 329 g/mol. The zero-order valence-electron chi connectivity index (χ0n) is 13.0. The number of anilines is 1. The van der Waals surface area contributed by atoms with Crippen molar-refractivity contribution in [2.45, 2.75) is 37.8 Å². The second kappa shape index (κ2) is 5.85. The highest BCUT2D eigenvalue weighted by molar-refractivity contribution is 5.91. The van der Waals surface area contributed by atoms with Gasteiger partial charge in [-0.2, -0.15) is 0 Å². The number of nitrogens with zero attached hydrogens (tertiary/aromatic N) is 2. The molecule has 0 saturated carbocycles. The van der Waals surface area contributed by atoms with E-state index >= 15 is 0 Å². The number of pyridine rings is 1. The molecule has 2 amide bonds. The monoisotopic (exact) mass is 329 g/mol. The second-order valence-electron chi connectivity index (χ2n) is 6.40. The quantitative estimate of drug-likeness (QED) is 0.898. The first-order valence-corrected chi connectivity index (χ1v) is 8.11. The summed E-state index contributed by atoms with van der Waals surface area (Å²) in [7, 11) is 0. The summed E-state index contributed by atoms with van der Waals surface area (Å²) in [5, 5.41) is 2.83. The fourth-order valence-corrected chi connectivity index (χ4v) is 3.71. The molecule has 24 heavy (non-hydrogen) atoms. The highest BCUT2D eigenvalue weighted by Gasteiger charge is 2.44. The van der Waals surface area contributed by atoms with Crippen molar-refractivity contribution >= 4 is 11.7 Å². The number of hydrogen-bond donors (Lipinski definition) is 1. The van der Waals surface area contributed by atoms with Crippen LogP contribution in [0.15, 0.2) is 36.7 Å². The molecule has 2 aliphatic heterocycles. The van der Waals surface area contributed by atoms with Gasteiger partial charge in [0.2, 0.25) is 0 Å². The van der Waals surface area contributed by atoms with Crippen LogP contribution in [0.2, 0.25) is 0 Å². The number of carbonyl (C=O) groups is 1. The molecule has 2 bridgehead atoms. The first kappa shape index (κ1) is 15.1. The zero-order chi connectivity index (χ0) is 16.7. The lowest BCUT2D eigenvalue weighted by Gasteiger charge is -2.52.